The van der Waals surface area contributed by atoms with Crippen LogP contribution in [0.2, 0.25) is 0 Å². The van der Waals surface area contributed by atoms with Gasteiger partial charge in [-0.3, -0.25) is 4.79 Å². The highest BCUT2D eigenvalue weighted by atomic mass is 35.5. The average Bonchev–Trinajstić information content (AvgIpc) is 2.56. The maximum Gasteiger partial charge on any atom is 0.259 e. The number of halogens is 1. The van der Waals surface area contributed by atoms with Gasteiger partial charge in [-0.15, -0.1) is 0 Å². The largest absolute Gasteiger partial charge is 0.491 e. The number of H-pyrrole nitrogens is 1. The van der Waals surface area contributed by atoms with Crippen molar-refractivity contribution in [3.8, 4) is 5.75 Å². The zero-order valence-electron chi connectivity index (χ0n) is 13.4. The van der Waals surface area contributed by atoms with Crippen LogP contribution in [0, 0.1) is 0 Å². The third-order valence-corrected chi connectivity index (χ3v) is 3.67. The quantitative estimate of drug-likeness (QED) is 0.763. The van der Waals surface area contributed by atoms with Gasteiger partial charge >= 0.3 is 0 Å². The number of hydrogen-bond acceptors (Lipinski definition) is 3. The SMILES string of the molecule is CC(C)Oc1ccc(/C=C(\Cl)c2nc3ccccc3c(=O)[nH]2)cc1. The van der Waals surface area contributed by atoms with E-state index in [2.05, 4.69) is 9.97 Å². The average molecular weight is 341 g/mol. The molecule has 24 heavy (non-hydrogen) atoms. The van der Waals surface area contributed by atoms with E-state index in [1.54, 1.807) is 24.3 Å². The highest BCUT2D eigenvalue weighted by Gasteiger charge is 2.06. The highest BCUT2D eigenvalue weighted by molar-refractivity contribution is 6.50. The second-order valence-electron chi connectivity index (χ2n) is 5.66. The Morgan fingerprint density at radius 2 is 1.88 bits per heavy atom. The van der Waals surface area contributed by atoms with Crippen molar-refractivity contribution in [3.05, 3.63) is 70.3 Å². The third-order valence-electron chi connectivity index (χ3n) is 3.38. The number of ether oxygens (including phenoxy) is 1. The molecule has 5 heteroatoms. The van der Waals surface area contributed by atoms with Crippen LogP contribution in [0.15, 0.2) is 53.3 Å². The van der Waals surface area contributed by atoms with Gasteiger partial charge < -0.3 is 9.72 Å². The number of nitrogens with one attached hydrogen (secondary N) is 1. The van der Waals surface area contributed by atoms with Gasteiger partial charge in [0.1, 0.15) is 5.75 Å². The van der Waals surface area contributed by atoms with Crippen molar-refractivity contribution in [3.63, 3.8) is 0 Å². The van der Waals surface area contributed by atoms with Gasteiger partial charge in [0.05, 0.1) is 22.0 Å². The fourth-order valence-corrected chi connectivity index (χ4v) is 2.54. The lowest BCUT2D eigenvalue weighted by atomic mass is 10.2. The van der Waals surface area contributed by atoms with E-state index in [0.717, 1.165) is 11.3 Å². The number of aromatic amines is 1. The Hall–Kier alpha value is -2.59. The maximum atomic E-state index is 12.1. The lowest BCUT2D eigenvalue weighted by Gasteiger charge is -2.09. The molecule has 0 bridgehead atoms. The van der Waals surface area contributed by atoms with E-state index in [1.807, 2.05) is 44.2 Å². The van der Waals surface area contributed by atoms with E-state index < -0.39 is 0 Å². The van der Waals surface area contributed by atoms with Crippen LogP contribution in [0.3, 0.4) is 0 Å². The van der Waals surface area contributed by atoms with E-state index >= 15 is 0 Å². The number of aromatic nitrogens is 2. The number of para-hydroxylation sites is 1. The van der Waals surface area contributed by atoms with Gasteiger partial charge in [0.15, 0.2) is 5.82 Å². The molecule has 0 unspecified atom stereocenters. The fourth-order valence-electron chi connectivity index (χ4n) is 2.33. The first-order valence-corrected chi connectivity index (χ1v) is 8.04. The van der Waals surface area contributed by atoms with Crippen LogP contribution in [-0.2, 0) is 0 Å². The summed E-state index contributed by atoms with van der Waals surface area (Å²) in [7, 11) is 0. The van der Waals surface area contributed by atoms with Crippen molar-refractivity contribution in [2.24, 2.45) is 0 Å². The summed E-state index contributed by atoms with van der Waals surface area (Å²) in [5, 5.41) is 0.913. The summed E-state index contributed by atoms with van der Waals surface area (Å²) >= 11 is 6.33. The van der Waals surface area contributed by atoms with Crippen molar-refractivity contribution in [2.45, 2.75) is 20.0 Å². The monoisotopic (exact) mass is 340 g/mol. The van der Waals surface area contributed by atoms with Crippen molar-refractivity contribution in [2.75, 3.05) is 0 Å². The number of hydrogen-bond donors (Lipinski definition) is 1. The van der Waals surface area contributed by atoms with Crippen LogP contribution in [0.25, 0.3) is 22.0 Å². The van der Waals surface area contributed by atoms with Crippen LogP contribution in [0.4, 0.5) is 0 Å². The molecule has 3 aromatic rings. The summed E-state index contributed by atoms with van der Waals surface area (Å²) in [6, 6.07) is 14.7. The van der Waals surface area contributed by atoms with Crippen molar-refractivity contribution in [1.82, 2.24) is 9.97 Å². The van der Waals surface area contributed by atoms with E-state index in [9.17, 15) is 4.79 Å². The minimum atomic E-state index is -0.206. The van der Waals surface area contributed by atoms with Gasteiger partial charge in [-0.2, -0.15) is 0 Å². The molecular formula is C19H17ClN2O2. The van der Waals surface area contributed by atoms with E-state index in [0.29, 0.717) is 21.8 Å². The van der Waals surface area contributed by atoms with Gasteiger partial charge in [0.25, 0.3) is 5.56 Å². The molecule has 122 valence electrons. The summed E-state index contributed by atoms with van der Waals surface area (Å²) in [5.41, 5.74) is 1.30. The zero-order valence-corrected chi connectivity index (χ0v) is 14.2. The summed E-state index contributed by atoms with van der Waals surface area (Å²) in [6.45, 7) is 3.96. The molecule has 0 fully saturated rings. The predicted octanol–water partition coefficient (Wildman–Crippen LogP) is 4.45. The molecule has 0 aliphatic carbocycles. The smallest absolute Gasteiger partial charge is 0.259 e. The topological polar surface area (TPSA) is 55.0 Å². The first-order valence-electron chi connectivity index (χ1n) is 7.66. The Morgan fingerprint density at radius 3 is 2.58 bits per heavy atom. The van der Waals surface area contributed by atoms with Crippen molar-refractivity contribution < 1.29 is 4.74 Å². The normalized spacial score (nSPS) is 11.9. The number of benzene rings is 2. The van der Waals surface area contributed by atoms with Gasteiger partial charge in [0, 0.05) is 0 Å². The van der Waals surface area contributed by atoms with E-state index in [1.165, 1.54) is 0 Å². The molecule has 2 aromatic carbocycles. The minimum absolute atomic E-state index is 0.127. The molecule has 0 spiro atoms. The zero-order chi connectivity index (χ0) is 17.1. The number of rotatable bonds is 4. The number of nitrogens with zero attached hydrogens (tertiary/aromatic N) is 1. The molecule has 0 aliphatic rings. The molecule has 1 heterocycles. The van der Waals surface area contributed by atoms with Crippen LogP contribution < -0.4 is 10.3 Å². The maximum absolute atomic E-state index is 12.1. The Labute approximate surface area is 144 Å². The lowest BCUT2D eigenvalue weighted by Crippen LogP contribution is -2.10. The highest BCUT2D eigenvalue weighted by Crippen LogP contribution is 2.21. The standard InChI is InChI=1S/C19H17ClN2O2/c1-12(2)24-14-9-7-13(8-10-14)11-16(20)18-21-17-6-4-3-5-15(17)19(23)22-18/h3-12H,1-2H3,(H,21,22,23)/b16-11-. The van der Waals surface area contributed by atoms with Gasteiger partial charge in [-0.25, -0.2) is 4.98 Å². The van der Waals surface area contributed by atoms with Crippen molar-refractivity contribution >= 4 is 33.6 Å². The number of fused-ring (bicyclic) bond motifs is 1. The van der Waals surface area contributed by atoms with Crippen LogP contribution in [0.1, 0.15) is 25.2 Å². The lowest BCUT2D eigenvalue weighted by molar-refractivity contribution is 0.242. The van der Waals surface area contributed by atoms with E-state index in [4.69, 9.17) is 16.3 Å². The Kier molecular flexibility index (Phi) is 4.67. The predicted molar refractivity (Wildman–Crippen MR) is 98.3 cm³/mol. The summed E-state index contributed by atoms with van der Waals surface area (Å²) in [4.78, 5) is 19.2. The van der Waals surface area contributed by atoms with Crippen molar-refractivity contribution in [1.29, 1.82) is 0 Å². The summed E-state index contributed by atoms with van der Waals surface area (Å²) < 4.78 is 5.61. The van der Waals surface area contributed by atoms with Crippen LogP contribution >= 0.6 is 11.6 Å². The molecule has 0 aliphatic heterocycles. The molecule has 3 rings (SSSR count). The Balaban J connectivity index is 1.92. The first-order chi connectivity index (χ1) is 11.5. The van der Waals surface area contributed by atoms with E-state index in [-0.39, 0.29) is 11.7 Å². The molecule has 0 radical (unpaired) electrons. The molecule has 0 saturated carbocycles. The van der Waals surface area contributed by atoms with Gasteiger partial charge in [0.2, 0.25) is 0 Å². The molecule has 1 N–H and O–H groups in total. The summed E-state index contributed by atoms with van der Waals surface area (Å²) in [5.74, 6) is 1.15. The van der Waals surface area contributed by atoms with Gasteiger partial charge in [-0.1, -0.05) is 35.9 Å². The molecule has 0 amide bonds. The van der Waals surface area contributed by atoms with Crippen LogP contribution in [0.5, 0.6) is 5.75 Å². The fraction of sp³-hybridized carbons (Fsp3) is 0.158. The first kappa shape index (κ1) is 16.3. The molecule has 4 nitrogen and oxygen atoms in total. The third kappa shape index (κ3) is 3.66. The minimum Gasteiger partial charge on any atom is -0.491 e. The Bertz CT molecular complexity index is 943. The molecule has 0 saturated heterocycles. The van der Waals surface area contributed by atoms with Crippen LogP contribution in [-0.4, -0.2) is 16.1 Å². The second kappa shape index (κ2) is 6.89. The molecule has 0 atom stereocenters. The molecular weight excluding hydrogens is 324 g/mol. The van der Waals surface area contributed by atoms with Gasteiger partial charge in [-0.05, 0) is 49.8 Å². The Morgan fingerprint density at radius 1 is 1.17 bits per heavy atom. The molecule has 1 aromatic heterocycles. The summed E-state index contributed by atoms with van der Waals surface area (Å²) in [6.07, 6.45) is 1.88. The second-order valence-corrected chi connectivity index (χ2v) is 6.07.